The molecule has 1 amide bonds. The molecule has 4 nitrogen and oxygen atoms in total. The Kier molecular flexibility index (Phi) is 4.39. The fraction of sp³-hybridized carbons (Fsp3) is 0.353. The third-order valence-electron chi connectivity index (χ3n) is 3.94. The summed E-state index contributed by atoms with van der Waals surface area (Å²) in [5.74, 6) is 0.0807. The zero-order valence-corrected chi connectivity index (χ0v) is 13.0. The Morgan fingerprint density at radius 1 is 1.23 bits per heavy atom. The summed E-state index contributed by atoms with van der Waals surface area (Å²) in [5.41, 5.74) is 1.99. The van der Waals surface area contributed by atoms with Gasteiger partial charge >= 0.3 is 0 Å². The Bertz CT molecular complexity index is 639. The molecule has 1 fully saturated rings. The van der Waals surface area contributed by atoms with Crippen LogP contribution in [0.5, 0.6) is 0 Å². The van der Waals surface area contributed by atoms with Crippen molar-refractivity contribution >= 4 is 17.5 Å². The second-order valence-electron chi connectivity index (χ2n) is 5.83. The third-order valence-corrected chi connectivity index (χ3v) is 4.19. The molecule has 0 saturated heterocycles. The maximum atomic E-state index is 12.1. The molecule has 2 aromatic rings. The van der Waals surface area contributed by atoms with E-state index in [1.165, 1.54) is 5.56 Å². The van der Waals surface area contributed by atoms with E-state index >= 15 is 0 Å². The lowest BCUT2D eigenvalue weighted by atomic mass is 10.0. The van der Waals surface area contributed by atoms with Gasteiger partial charge in [0, 0.05) is 35.6 Å². The van der Waals surface area contributed by atoms with E-state index in [0.717, 1.165) is 30.0 Å². The molecule has 114 valence electrons. The van der Waals surface area contributed by atoms with Crippen molar-refractivity contribution in [3.8, 4) is 0 Å². The number of nitrogens with one attached hydrogen (secondary N) is 1. The first-order valence-electron chi connectivity index (χ1n) is 7.46. The van der Waals surface area contributed by atoms with Crippen molar-refractivity contribution < 1.29 is 4.79 Å². The number of aryl methyl sites for hydroxylation is 1. The molecule has 5 heteroatoms. The highest BCUT2D eigenvalue weighted by molar-refractivity contribution is 6.30. The predicted molar refractivity (Wildman–Crippen MR) is 85.6 cm³/mol. The van der Waals surface area contributed by atoms with Gasteiger partial charge < -0.3 is 5.32 Å². The maximum absolute atomic E-state index is 12.1. The van der Waals surface area contributed by atoms with E-state index in [9.17, 15) is 4.79 Å². The number of amides is 1. The van der Waals surface area contributed by atoms with Crippen LogP contribution in [0.2, 0.25) is 5.02 Å². The molecule has 1 N–H and O–H groups in total. The Morgan fingerprint density at radius 3 is 2.64 bits per heavy atom. The minimum atomic E-state index is -0.0622. The van der Waals surface area contributed by atoms with E-state index in [0.29, 0.717) is 12.8 Å². The van der Waals surface area contributed by atoms with Gasteiger partial charge in [0.15, 0.2) is 0 Å². The standard InChI is InChI=1S/C17H18ClN3O/c18-14-3-1-13(2-4-14)11-17(7-8-17)21-16(22)6-5-15-12-19-9-10-20-15/h1-4,9-10,12H,5-8,11H2,(H,21,22). The number of aromatic nitrogens is 2. The molecule has 0 atom stereocenters. The van der Waals surface area contributed by atoms with Crippen molar-refractivity contribution in [1.29, 1.82) is 0 Å². The summed E-state index contributed by atoms with van der Waals surface area (Å²) in [6.45, 7) is 0. The molecule has 22 heavy (non-hydrogen) atoms. The monoisotopic (exact) mass is 315 g/mol. The summed E-state index contributed by atoms with van der Waals surface area (Å²) in [5, 5.41) is 3.92. The Morgan fingerprint density at radius 2 is 2.00 bits per heavy atom. The maximum Gasteiger partial charge on any atom is 0.220 e. The first-order valence-corrected chi connectivity index (χ1v) is 7.83. The fourth-order valence-electron chi connectivity index (χ4n) is 2.55. The molecule has 0 radical (unpaired) electrons. The van der Waals surface area contributed by atoms with Crippen LogP contribution in [0.4, 0.5) is 0 Å². The number of rotatable bonds is 6. The highest BCUT2D eigenvalue weighted by Gasteiger charge is 2.43. The fourth-order valence-corrected chi connectivity index (χ4v) is 2.67. The first-order chi connectivity index (χ1) is 10.7. The number of carbonyl (C=O) groups excluding carboxylic acids is 1. The van der Waals surface area contributed by atoms with Crippen LogP contribution in [0.25, 0.3) is 0 Å². The van der Waals surface area contributed by atoms with Crippen LogP contribution in [0.15, 0.2) is 42.9 Å². The summed E-state index contributed by atoms with van der Waals surface area (Å²) >= 11 is 5.90. The number of halogens is 1. The van der Waals surface area contributed by atoms with Gasteiger partial charge in [-0.15, -0.1) is 0 Å². The third kappa shape index (κ3) is 4.04. The lowest BCUT2D eigenvalue weighted by molar-refractivity contribution is -0.122. The summed E-state index contributed by atoms with van der Waals surface area (Å²) in [6.07, 6.45) is 8.98. The summed E-state index contributed by atoms with van der Waals surface area (Å²) in [4.78, 5) is 20.3. The van der Waals surface area contributed by atoms with Gasteiger partial charge in [0.2, 0.25) is 5.91 Å². The quantitative estimate of drug-likeness (QED) is 0.891. The SMILES string of the molecule is O=C(CCc1cnccn1)NC1(Cc2ccc(Cl)cc2)CC1. The molecule has 0 spiro atoms. The van der Waals surface area contributed by atoms with Crippen LogP contribution < -0.4 is 5.32 Å². The summed E-state index contributed by atoms with van der Waals surface area (Å²) < 4.78 is 0. The molecule has 1 aromatic heterocycles. The first kappa shape index (κ1) is 15.0. The lowest BCUT2D eigenvalue weighted by Crippen LogP contribution is -2.38. The molecular formula is C17H18ClN3O. The van der Waals surface area contributed by atoms with Crippen molar-refractivity contribution in [3.05, 3.63) is 59.1 Å². The number of hydrogen-bond donors (Lipinski definition) is 1. The zero-order valence-electron chi connectivity index (χ0n) is 12.3. The lowest BCUT2D eigenvalue weighted by Gasteiger charge is -2.17. The van der Waals surface area contributed by atoms with Crippen LogP contribution in [0.1, 0.15) is 30.5 Å². The van der Waals surface area contributed by atoms with E-state index < -0.39 is 0 Å². The predicted octanol–water partition coefficient (Wildman–Crippen LogP) is 2.95. The smallest absolute Gasteiger partial charge is 0.220 e. The number of nitrogens with zero attached hydrogens (tertiary/aromatic N) is 2. The van der Waals surface area contributed by atoms with Crippen molar-refractivity contribution in [2.24, 2.45) is 0 Å². The highest BCUT2D eigenvalue weighted by atomic mass is 35.5. The molecule has 0 aliphatic heterocycles. The zero-order chi connectivity index (χ0) is 15.4. The van der Waals surface area contributed by atoms with Gasteiger partial charge in [-0.25, -0.2) is 0 Å². The molecule has 0 unspecified atom stereocenters. The van der Waals surface area contributed by atoms with Crippen molar-refractivity contribution in [2.75, 3.05) is 0 Å². The summed E-state index contributed by atoms with van der Waals surface area (Å²) in [7, 11) is 0. The molecule has 0 bridgehead atoms. The highest BCUT2D eigenvalue weighted by Crippen LogP contribution is 2.38. The molecular weight excluding hydrogens is 298 g/mol. The number of hydrogen-bond acceptors (Lipinski definition) is 3. The van der Waals surface area contributed by atoms with Gasteiger partial charge in [0.25, 0.3) is 0 Å². The van der Waals surface area contributed by atoms with E-state index in [-0.39, 0.29) is 11.4 Å². The van der Waals surface area contributed by atoms with Crippen LogP contribution in [0.3, 0.4) is 0 Å². The molecule has 1 saturated carbocycles. The van der Waals surface area contributed by atoms with E-state index in [1.807, 2.05) is 24.3 Å². The molecule has 3 rings (SSSR count). The van der Waals surface area contributed by atoms with E-state index in [4.69, 9.17) is 11.6 Å². The van der Waals surface area contributed by atoms with Crippen LogP contribution in [0, 0.1) is 0 Å². The van der Waals surface area contributed by atoms with Gasteiger partial charge in [0.1, 0.15) is 0 Å². The molecule has 1 heterocycles. The molecule has 1 aromatic carbocycles. The van der Waals surface area contributed by atoms with E-state index in [2.05, 4.69) is 15.3 Å². The van der Waals surface area contributed by atoms with Gasteiger partial charge in [-0.3, -0.25) is 14.8 Å². The van der Waals surface area contributed by atoms with Crippen molar-refractivity contribution in [3.63, 3.8) is 0 Å². The van der Waals surface area contributed by atoms with Crippen molar-refractivity contribution in [2.45, 2.75) is 37.6 Å². The van der Waals surface area contributed by atoms with Gasteiger partial charge in [0.05, 0.1) is 5.69 Å². The van der Waals surface area contributed by atoms with Crippen LogP contribution in [-0.2, 0) is 17.6 Å². The van der Waals surface area contributed by atoms with Gasteiger partial charge in [-0.2, -0.15) is 0 Å². The van der Waals surface area contributed by atoms with Gasteiger partial charge in [-0.05, 0) is 43.4 Å². The second kappa shape index (κ2) is 6.44. The molecule has 1 aliphatic rings. The summed E-state index contributed by atoms with van der Waals surface area (Å²) in [6, 6.07) is 7.83. The number of carbonyl (C=O) groups is 1. The van der Waals surface area contributed by atoms with E-state index in [1.54, 1.807) is 18.6 Å². The largest absolute Gasteiger partial charge is 0.350 e. The minimum Gasteiger partial charge on any atom is -0.350 e. The van der Waals surface area contributed by atoms with Crippen LogP contribution in [-0.4, -0.2) is 21.4 Å². The average Bonchev–Trinajstić information content (AvgIpc) is 3.28. The Labute approximate surface area is 134 Å². The Hall–Kier alpha value is -1.94. The van der Waals surface area contributed by atoms with Crippen LogP contribution >= 0.6 is 11.6 Å². The average molecular weight is 316 g/mol. The number of benzene rings is 1. The normalized spacial score (nSPS) is 15.3. The second-order valence-corrected chi connectivity index (χ2v) is 6.26. The minimum absolute atomic E-state index is 0.0622. The van der Waals surface area contributed by atoms with Gasteiger partial charge in [-0.1, -0.05) is 23.7 Å². The molecule has 1 aliphatic carbocycles. The Balaban J connectivity index is 1.51. The van der Waals surface area contributed by atoms with Crippen molar-refractivity contribution in [1.82, 2.24) is 15.3 Å². The topological polar surface area (TPSA) is 54.9 Å².